The lowest BCUT2D eigenvalue weighted by Crippen LogP contribution is -2.35. The molecule has 1 aliphatic carbocycles. The van der Waals surface area contributed by atoms with E-state index in [4.69, 9.17) is 6.42 Å². The molecule has 0 aliphatic heterocycles. The fourth-order valence-corrected chi connectivity index (χ4v) is 2.40. The highest BCUT2D eigenvalue weighted by atomic mass is 16.1. The first-order valence-corrected chi connectivity index (χ1v) is 6.21. The molecule has 0 heterocycles. The molecule has 16 heavy (non-hydrogen) atoms. The molecule has 0 bridgehead atoms. The minimum atomic E-state index is 0.0384. The zero-order valence-corrected chi connectivity index (χ0v) is 10.1. The van der Waals surface area contributed by atoms with Crippen molar-refractivity contribution in [3.8, 4) is 12.3 Å². The van der Waals surface area contributed by atoms with Crippen LogP contribution in [0.15, 0.2) is 0 Å². The van der Waals surface area contributed by atoms with Gasteiger partial charge in [-0.25, -0.2) is 0 Å². The minimum absolute atomic E-state index is 0.0384. The van der Waals surface area contributed by atoms with Crippen molar-refractivity contribution < 1.29 is 4.79 Å². The first-order chi connectivity index (χ1) is 7.77. The van der Waals surface area contributed by atoms with Gasteiger partial charge >= 0.3 is 0 Å². The van der Waals surface area contributed by atoms with Crippen molar-refractivity contribution in [2.45, 2.75) is 45.1 Å². The molecule has 1 fully saturated rings. The average Bonchev–Trinajstić information content (AvgIpc) is 2.74. The third-order valence-corrected chi connectivity index (χ3v) is 3.33. The highest BCUT2D eigenvalue weighted by Gasteiger charge is 2.24. The highest BCUT2D eigenvalue weighted by molar-refractivity contribution is 5.76. The Morgan fingerprint density at radius 1 is 1.50 bits per heavy atom. The van der Waals surface area contributed by atoms with Crippen LogP contribution in [0.25, 0.3) is 0 Å². The maximum atomic E-state index is 11.3. The van der Waals surface area contributed by atoms with E-state index < -0.39 is 0 Å². The van der Waals surface area contributed by atoms with Crippen LogP contribution in [-0.4, -0.2) is 25.0 Å². The number of rotatable bonds is 6. The van der Waals surface area contributed by atoms with Crippen molar-refractivity contribution in [1.82, 2.24) is 10.6 Å². The number of hydrogen-bond donors (Lipinski definition) is 2. The van der Waals surface area contributed by atoms with Gasteiger partial charge in [-0.2, -0.15) is 0 Å². The Balaban J connectivity index is 2.10. The van der Waals surface area contributed by atoms with Crippen LogP contribution >= 0.6 is 0 Å². The van der Waals surface area contributed by atoms with Gasteiger partial charge in [0.1, 0.15) is 0 Å². The second kappa shape index (κ2) is 7.29. The Morgan fingerprint density at radius 2 is 2.31 bits per heavy atom. The lowest BCUT2D eigenvalue weighted by Gasteiger charge is -2.19. The summed E-state index contributed by atoms with van der Waals surface area (Å²) in [6, 6.07) is 0.616. The van der Waals surface area contributed by atoms with Crippen molar-refractivity contribution in [1.29, 1.82) is 0 Å². The van der Waals surface area contributed by atoms with Crippen LogP contribution in [0, 0.1) is 18.3 Å². The SMILES string of the molecule is C#CCNC(=O)CCNC1CCCC1CC. The van der Waals surface area contributed by atoms with E-state index in [1.807, 2.05) is 0 Å². The van der Waals surface area contributed by atoms with Gasteiger partial charge < -0.3 is 10.6 Å². The van der Waals surface area contributed by atoms with Gasteiger partial charge in [-0.3, -0.25) is 4.79 Å². The molecule has 90 valence electrons. The van der Waals surface area contributed by atoms with Crippen LogP contribution < -0.4 is 10.6 Å². The summed E-state index contributed by atoms with van der Waals surface area (Å²) < 4.78 is 0. The van der Waals surface area contributed by atoms with Gasteiger partial charge in [-0.15, -0.1) is 6.42 Å². The van der Waals surface area contributed by atoms with Crippen LogP contribution in [0.2, 0.25) is 0 Å². The Morgan fingerprint density at radius 3 is 3.00 bits per heavy atom. The Hall–Kier alpha value is -1.01. The van der Waals surface area contributed by atoms with E-state index >= 15 is 0 Å². The molecule has 0 radical (unpaired) electrons. The normalized spacial score (nSPS) is 24.0. The molecule has 1 aliphatic rings. The summed E-state index contributed by atoms with van der Waals surface area (Å²) in [6.07, 6.45) is 10.7. The molecule has 2 atom stereocenters. The van der Waals surface area contributed by atoms with E-state index in [-0.39, 0.29) is 5.91 Å². The van der Waals surface area contributed by atoms with E-state index in [2.05, 4.69) is 23.5 Å². The van der Waals surface area contributed by atoms with Crippen molar-refractivity contribution in [3.05, 3.63) is 0 Å². The topological polar surface area (TPSA) is 41.1 Å². The molecule has 3 nitrogen and oxygen atoms in total. The van der Waals surface area contributed by atoms with Gasteiger partial charge in [0, 0.05) is 19.0 Å². The van der Waals surface area contributed by atoms with Crippen molar-refractivity contribution in [2.75, 3.05) is 13.1 Å². The number of carbonyl (C=O) groups excluding carboxylic acids is 1. The summed E-state index contributed by atoms with van der Waals surface area (Å²) in [5.41, 5.74) is 0. The van der Waals surface area contributed by atoms with Crippen molar-refractivity contribution in [2.24, 2.45) is 5.92 Å². The van der Waals surface area contributed by atoms with Crippen molar-refractivity contribution >= 4 is 5.91 Å². The quantitative estimate of drug-likeness (QED) is 0.665. The molecule has 1 rings (SSSR count). The van der Waals surface area contributed by atoms with Crippen LogP contribution in [-0.2, 0) is 4.79 Å². The Kier molecular flexibility index (Phi) is 5.95. The van der Waals surface area contributed by atoms with Gasteiger partial charge in [-0.05, 0) is 18.8 Å². The summed E-state index contributed by atoms with van der Waals surface area (Å²) in [5.74, 6) is 3.23. The Bertz CT molecular complexity index is 257. The number of amides is 1. The van der Waals surface area contributed by atoms with Crippen LogP contribution in [0.4, 0.5) is 0 Å². The van der Waals surface area contributed by atoms with Gasteiger partial charge in [0.2, 0.25) is 5.91 Å². The van der Waals surface area contributed by atoms with Crippen LogP contribution in [0.3, 0.4) is 0 Å². The highest BCUT2D eigenvalue weighted by Crippen LogP contribution is 2.27. The first-order valence-electron chi connectivity index (χ1n) is 6.21. The van der Waals surface area contributed by atoms with Crippen molar-refractivity contribution in [3.63, 3.8) is 0 Å². The van der Waals surface area contributed by atoms with E-state index in [1.54, 1.807) is 0 Å². The number of nitrogens with one attached hydrogen (secondary N) is 2. The molecule has 1 saturated carbocycles. The standard InChI is InChI=1S/C13H22N2O/c1-3-9-15-13(16)8-10-14-12-7-5-6-11(12)4-2/h1,11-12,14H,4-10H2,2H3,(H,15,16). The second-order valence-electron chi connectivity index (χ2n) is 4.39. The minimum Gasteiger partial charge on any atom is -0.345 e. The molecule has 3 heteroatoms. The van der Waals surface area contributed by atoms with E-state index in [0.717, 1.165) is 12.5 Å². The predicted molar refractivity (Wildman–Crippen MR) is 65.9 cm³/mol. The summed E-state index contributed by atoms with van der Waals surface area (Å²) in [4.78, 5) is 11.3. The smallest absolute Gasteiger partial charge is 0.222 e. The second-order valence-corrected chi connectivity index (χ2v) is 4.39. The fraction of sp³-hybridized carbons (Fsp3) is 0.769. The molecular formula is C13H22N2O. The first kappa shape index (κ1) is 13.1. The zero-order valence-electron chi connectivity index (χ0n) is 10.1. The summed E-state index contributed by atoms with van der Waals surface area (Å²) >= 11 is 0. The number of terminal acetylenes is 1. The fourth-order valence-electron chi connectivity index (χ4n) is 2.40. The molecule has 0 aromatic heterocycles. The van der Waals surface area contributed by atoms with E-state index in [0.29, 0.717) is 19.0 Å². The monoisotopic (exact) mass is 222 g/mol. The van der Waals surface area contributed by atoms with Gasteiger partial charge in [0.25, 0.3) is 0 Å². The molecule has 2 N–H and O–H groups in total. The van der Waals surface area contributed by atoms with Gasteiger partial charge in [0.05, 0.1) is 6.54 Å². The van der Waals surface area contributed by atoms with Crippen LogP contribution in [0.1, 0.15) is 39.0 Å². The lowest BCUT2D eigenvalue weighted by atomic mass is 10.0. The maximum absolute atomic E-state index is 11.3. The predicted octanol–water partition coefficient (Wildman–Crippen LogP) is 1.29. The van der Waals surface area contributed by atoms with E-state index in [1.165, 1.54) is 25.7 Å². The third-order valence-electron chi connectivity index (χ3n) is 3.33. The summed E-state index contributed by atoms with van der Waals surface area (Å²) in [5, 5.41) is 6.15. The van der Waals surface area contributed by atoms with Gasteiger partial charge in [0.15, 0.2) is 0 Å². The van der Waals surface area contributed by atoms with Gasteiger partial charge in [-0.1, -0.05) is 25.7 Å². The largest absolute Gasteiger partial charge is 0.345 e. The molecule has 0 aromatic rings. The van der Waals surface area contributed by atoms with E-state index in [9.17, 15) is 4.79 Å². The molecule has 1 amide bonds. The Labute approximate surface area is 98.4 Å². The zero-order chi connectivity index (χ0) is 11.8. The molecule has 0 spiro atoms. The van der Waals surface area contributed by atoms with Crippen LogP contribution in [0.5, 0.6) is 0 Å². The molecule has 2 unspecified atom stereocenters. The summed E-state index contributed by atoms with van der Waals surface area (Å²) in [6.45, 7) is 3.34. The molecular weight excluding hydrogens is 200 g/mol. The lowest BCUT2D eigenvalue weighted by molar-refractivity contribution is -0.120. The number of carbonyl (C=O) groups is 1. The molecule has 0 saturated heterocycles. The number of hydrogen-bond acceptors (Lipinski definition) is 2. The molecule has 0 aromatic carbocycles. The summed E-state index contributed by atoms with van der Waals surface area (Å²) in [7, 11) is 0. The third kappa shape index (κ3) is 4.24. The average molecular weight is 222 g/mol. The maximum Gasteiger partial charge on any atom is 0.222 e.